The fourth-order valence-electron chi connectivity index (χ4n) is 2.53. The molecule has 1 heterocycles. The van der Waals surface area contributed by atoms with Crippen LogP contribution in [0.25, 0.3) is 11.3 Å². The van der Waals surface area contributed by atoms with Crippen LogP contribution in [0.15, 0.2) is 47.8 Å². The number of anilines is 1. The molecular formula is C20H19FN2O3S. The van der Waals surface area contributed by atoms with E-state index in [1.807, 2.05) is 17.5 Å². The van der Waals surface area contributed by atoms with Crippen LogP contribution in [0.2, 0.25) is 0 Å². The summed E-state index contributed by atoms with van der Waals surface area (Å²) in [7, 11) is 3.18. The first-order valence-electron chi connectivity index (χ1n) is 8.30. The van der Waals surface area contributed by atoms with Crippen LogP contribution < -0.4 is 14.8 Å². The number of nitrogens with zero attached hydrogens (tertiary/aromatic N) is 1. The van der Waals surface area contributed by atoms with Crippen molar-refractivity contribution in [3.05, 3.63) is 59.2 Å². The molecule has 0 spiro atoms. The maximum Gasteiger partial charge on any atom is 0.226 e. The number of methoxy groups -OCH3 is 2. The zero-order valence-electron chi connectivity index (χ0n) is 15.0. The topological polar surface area (TPSA) is 60.5 Å². The molecule has 1 aromatic heterocycles. The number of carbonyl (C=O) groups is 1. The van der Waals surface area contributed by atoms with E-state index in [2.05, 4.69) is 10.3 Å². The number of rotatable bonds is 7. The van der Waals surface area contributed by atoms with Gasteiger partial charge < -0.3 is 14.8 Å². The molecule has 0 aliphatic carbocycles. The van der Waals surface area contributed by atoms with E-state index in [1.54, 1.807) is 32.4 Å². The lowest BCUT2D eigenvalue weighted by Gasteiger charge is -2.08. The highest BCUT2D eigenvalue weighted by Gasteiger charge is 2.10. The van der Waals surface area contributed by atoms with Gasteiger partial charge in [0.15, 0.2) is 5.13 Å². The number of hydrogen-bond donors (Lipinski definition) is 1. The second kappa shape index (κ2) is 8.64. The molecule has 140 valence electrons. The molecular weight excluding hydrogens is 367 g/mol. The quantitative estimate of drug-likeness (QED) is 0.648. The smallest absolute Gasteiger partial charge is 0.226 e. The largest absolute Gasteiger partial charge is 0.497 e. The minimum atomic E-state index is -0.295. The lowest BCUT2D eigenvalue weighted by atomic mass is 10.1. The summed E-state index contributed by atoms with van der Waals surface area (Å²) in [5.74, 6) is 0.954. The average molecular weight is 386 g/mol. The second-order valence-corrected chi connectivity index (χ2v) is 6.67. The van der Waals surface area contributed by atoms with Gasteiger partial charge in [-0.05, 0) is 48.4 Å². The van der Waals surface area contributed by atoms with Crippen molar-refractivity contribution in [2.45, 2.75) is 12.8 Å². The molecule has 3 rings (SSSR count). The van der Waals surface area contributed by atoms with Gasteiger partial charge in [-0.15, -0.1) is 11.3 Å². The molecule has 1 amide bonds. The van der Waals surface area contributed by atoms with Crippen LogP contribution in [0, 0.1) is 5.82 Å². The molecule has 0 unspecified atom stereocenters. The average Bonchev–Trinajstić information content (AvgIpc) is 3.15. The van der Waals surface area contributed by atoms with Crippen LogP contribution in [-0.4, -0.2) is 25.1 Å². The van der Waals surface area contributed by atoms with Gasteiger partial charge >= 0.3 is 0 Å². The van der Waals surface area contributed by atoms with Gasteiger partial charge in [-0.25, -0.2) is 9.37 Å². The number of halogens is 1. The van der Waals surface area contributed by atoms with Crippen LogP contribution in [0.1, 0.15) is 12.0 Å². The number of aryl methyl sites for hydroxylation is 1. The van der Waals surface area contributed by atoms with E-state index >= 15 is 0 Å². The molecule has 5 nitrogen and oxygen atoms in total. The standard InChI is InChI=1S/C20H19FN2O3S/c1-25-16-9-13(10-17(11-16)26-2)3-8-19(24)23-20-22-18(12-27-20)14-4-6-15(21)7-5-14/h4-7,9-12H,3,8H2,1-2H3,(H,22,23,24). The highest BCUT2D eigenvalue weighted by molar-refractivity contribution is 7.14. The summed E-state index contributed by atoms with van der Waals surface area (Å²) in [6.45, 7) is 0. The number of ether oxygens (including phenoxy) is 2. The number of benzene rings is 2. The van der Waals surface area contributed by atoms with Crippen LogP contribution in [-0.2, 0) is 11.2 Å². The summed E-state index contributed by atoms with van der Waals surface area (Å²) in [5, 5.41) is 5.15. The van der Waals surface area contributed by atoms with Gasteiger partial charge in [0.05, 0.1) is 19.9 Å². The fraction of sp³-hybridized carbons (Fsp3) is 0.200. The van der Waals surface area contributed by atoms with Crippen LogP contribution >= 0.6 is 11.3 Å². The number of hydrogen-bond acceptors (Lipinski definition) is 5. The van der Waals surface area contributed by atoms with E-state index in [1.165, 1.54) is 23.5 Å². The predicted octanol–water partition coefficient (Wildman–Crippen LogP) is 4.54. The Labute approximate surface area is 160 Å². The van der Waals surface area contributed by atoms with Crippen LogP contribution in [0.4, 0.5) is 9.52 Å². The van der Waals surface area contributed by atoms with Crippen molar-refractivity contribution in [3.8, 4) is 22.8 Å². The Morgan fingerprint density at radius 3 is 2.41 bits per heavy atom. The van der Waals surface area contributed by atoms with Crippen LogP contribution in [0.3, 0.4) is 0 Å². The molecule has 27 heavy (non-hydrogen) atoms. The number of carbonyl (C=O) groups excluding carboxylic acids is 1. The van der Waals surface area contributed by atoms with Crippen molar-refractivity contribution in [1.82, 2.24) is 4.98 Å². The predicted molar refractivity (Wildman–Crippen MR) is 104 cm³/mol. The first-order valence-corrected chi connectivity index (χ1v) is 9.18. The Morgan fingerprint density at radius 2 is 1.78 bits per heavy atom. The number of nitrogens with one attached hydrogen (secondary N) is 1. The van der Waals surface area contributed by atoms with Crippen molar-refractivity contribution < 1.29 is 18.7 Å². The Balaban J connectivity index is 1.59. The molecule has 0 saturated heterocycles. The summed E-state index contributed by atoms with van der Waals surface area (Å²) in [6, 6.07) is 11.6. The lowest BCUT2D eigenvalue weighted by Crippen LogP contribution is -2.12. The molecule has 7 heteroatoms. The number of aromatic nitrogens is 1. The highest BCUT2D eigenvalue weighted by atomic mass is 32.1. The fourth-order valence-corrected chi connectivity index (χ4v) is 3.27. The van der Waals surface area contributed by atoms with Crippen LogP contribution in [0.5, 0.6) is 11.5 Å². The summed E-state index contributed by atoms with van der Waals surface area (Å²) < 4.78 is 23.5. The molecule has 0 aliphatic heterocycles. The third-order valence-corrected chi connectivity index (χ3v) is 4.70. The molecule has 0 saturated carbocycles. The van der Waals surface area contributed by atoms with Gasteiger partial charge in [0.2, 0.25) is 5.91 Å². The van der Waals surface area contributed by atoms with Gasteiger partial charge in [0, 0.05) is 23.4 Å². The van der Waals surface area contributed by atoms with E-state index in [0.717, 1.165) is 11.1 Å². The van der Waals surface area contributed by atoms with Crippen molar-refractivity contribution in [3.63, 3.8) is 0 Å². The van der Waals surface area contributed by atoms with Crippen molar-refractivity contribution >= 4 is 22.4 Å². The summed E-state index contributed by atoms with van der Waals surface area (Å²) in [6.07, 6.45) is 0.859. The molecule has 0 atom stereocenters. The van der Waals surface area contributed by atoms with E-state index < -0.39 is 0 Å². The molecule has 0 aliphatic rings. The SMILES string of the molecule is COc1cc(CCC(=O)Nc2nc(-c3ccc(F)cc3)cs2)cc(OC)c1. The molecule has 0 bridgehead atoms. The molecule has 0 radical (unpaired) electrons. The van der Waals surface area contributed by atoms with Gasteiger partial charge in [0.25, 0.3) is 0 Å². The first kappa shape index (κ1) is 18.8. The molecule has 2 aromatic carbocycles. The Kier molecular flexibility index (Phi) is 6.03. The zero-order valence-corrected chi connectivity index (χ0v) is 15.8. The first-order chi connectivity index (χ1) is 13.1. The molecule has 1 N–H and O–H groups in total. The second-order valence-electron chi connectivity index (χ2n) is 5.81. The maximum atomic E-state index is 13.0. The lowest BCUT2D eigenvalue weighted by molar-refractivity contribution is -0.116. The van der Waals surface area contributed by atoms with E-state index in [-0.39, 0.29) is 11.7 Å². The minimum absolute atomic E-state index is 0.128. The number of amides is 1. The van der Waals surface area contributed by atoms with Gasteiger partial charge in [-0.3, -0.25) is 4.79 Å². The van der Waals surface area contributed by atoms with E-state index in [4.69, 9.17) is 9.47 Å². The Bertz CT molecular complexity index is 903. The summed E-state index contributed by atoms with van der Waals surface area (Å²) in [5.41, 5.74) is 2.46. The summed E-state index contributed by atoms with van der Waals surface area (Å²) in [4.78, 5) is 16.6. The van der Waals surface area contributed by atoms with Gasteiger partial charge in [-0.2, -0.15) is 0 Å². The van der Waals surface area contributed by atoms with E-state index in [9.17, 15) is 9.18 Å². The highest BCUT2D eigenvalue weighted by Crippen LogP contribution is 2.26. The molecule has 0 fully saturated rings. The minimum Gasteiger partial charge on any atom is -0.497 e. The zero-order chi connectivity index (χ0) is 19.2. The number of thiazole rings is 1. The maximum absolute atomic E-state index is 13.0. The monoisotopic (exact) mass is 386 g/mol. The normalized spacial score (nSPS) is 10.5. The van der Waals surface area contributed by atoms with Crippen molar-refractivity contribution in [2.75, 3.05) is 19.5 Å². The summed E-state index contributed by atoms with van der Waals surface area (Å²) >= 11 is 1.33. The van der Waals surface area contributed by atoms with Crippen molar-refractivity contribution in [2.24, 2.45) is 0 Å². The third-order valence-electron chi connectivity index (χ3n) is 3.94. The van der Waals surface area contributed by atoms with Gasteiger partial charge in [-0.1, -0.05) is 0 Å². The third kappa shape index (κ3) is 5.04. The Hall–Kier alpha value is -2.93. The Morgan fingerprint density at radius 1 is 1.11 bits per heavy atom. The van der Waals surface area contributed by atoms with E-state index in [0.29, 0.717) is 35.2 Å². The molecule has 3 aromatic rings. The van der Waals surface area contributed by atoms with Crippen molar-refractivity contribution in [1.29, 1.82) is 0 Å². The van der Waals surface area contributed by atoms with Gasteiger partial charge in [0.1, 0.15) is 17.3 Å².